The van der Waals surface area contributed by atoms with E-state index in [9.17, 15) is 4.39 Å². The molecule has 1 aromatic carbocycles. The lowest BCUT2D eigenvalue weighted by molar-refractivity contribution is 0.476. The summed E-state index contributed by atoms with van der Waals surface area (Å²) in [6.45, 7) is 1.47. The van der Waals surface area contributed by atoms with Crippen LogP contribution in [-0.2, 0) is 6.67 Å². The Hall–Kier alpha value is -1.70. The fraction of sp³-hybridized carbons (Fsp3) is 0.154. The lowest BCUT2D eigenvalue weighted by Crippen LogP contribution is -1.92. The van der Waals surface area contributed by atoms with Gasteiger partial charge in [-0.05, 0) is 18.6 Å². The molecule has 0 unspecified atom stereocenters. The van der Waals surface area contributed by atoms with Crippen molar-refractivity contribution in [3.05, 3.63) is 53.7 Å². The molecule has 0 saturated heterocycles. The molecule has 0 atom stereocenters. The smallest absolute Gasteiger partial charge is 0.131 e. The average molecular weight is 201 g/mol. The van der Waals surface area contributed by atoms with Gasteiger partial charge in [-0.2, -0.15) is 0 Å². The second-order valence-corrected chi connectivity index (χ2v) is 3.47. The first kappa shape index (κ1) is 9.84. The van der Waals surface area contributed by atoms with Crippen LogP contribution in [0.25, 0.3) is 11.3 Å². The third-order valence-electron chi connectivity index (χ3n) is 2.34. The molecule has 0 saturated carbocycles. The lowest BCUT2D eigenvalue weighted by Gasteiger charge is -2.06. The maximum absolute atomic E-state index is 12.5. The molecule has 0 fully saturated rings. The maximum atomic E-state index is 12.5. The standard InChI is InChI=1S/C13H12FN/c1-10-7-8-12(9-14)15-13(10)11-5-3-2-4-6-11/h2-8H,9H2,1H3. The zero-order valence-corrected chi connectivity index (χ0v) is 8.57. The van der Waals surface area contributed by atoms with E-state index in [0.717, 1.165) is 16.8 Å². The minimum atomic E-state index is -0.514. The zero-order valence-electron chi connectivity index (χ0n) is 8.57. The predicted octanol–water partition coefficient (Wildman–Crippen LogP) is 3.53. The molecule has 2 aromatic rings. The molecular weight excluding hydrogens is 189 g/mol. The van der Waals surface area contributed by atoms with Crippen LogP contribution in [-0.4, -0.2) is 4.98 Å². The SMILES string of the molecule is Cc1ccc(CF)nc1-c1ccccc1. The number of rotatable bonds is 2. The Balaban J connectivity index is 2.52. The largest absolute Gasteiger partial charge is 0.250 e. The van der Waals surface area contributed by atoms with E-state index in [1.807, 2.05) is 43.3 Å². The molecular formula is C13H12FN. The molecule has 0 amide bonds. The van der Waals surface area contributed by atoms with Crippen LogP contribution in [0.2, 0.25) is 0 Å². The van der Waals surface area contributed by atoms with Crippen LogP contribution in [0.5, 0.6) is 0 Å². The number of alkyl halides is 1. The van der Waals surface area contributed by atoms with Gasteiger partial charge in [0.15, 0.2) is 0 Å². The number of halogens is 1. The topological polar surface area (TPSA) is 12.9 Å². The summed E-state index contributed by atoms with van der Waals surface area (Å²) in [5, 5.41) is 0. The normalized spacial score (nSPS) is 10.3. The Kier molecular flexibility index (Phi) is 2.77. The van der Waals surface area contributed by atoms with Crippen LogP contribution in [0.1, 0.15) is 11.3 Å². The molecule has 0 bridgehead atoms. The number of hydrogen-bond donors (Lipinski definition) is 0. The molecule has 1 nitrogen and oxygen atoms in total. The van der Waals surface area contributed by atoms with Crippen molar-refractivity contribution in [1.82, 2.24) is 4.98 Å². The summed E-state index contributed by atoms with van der Waals surface area (Å²) >= 11 is 0. The second-order valence-electron chi connectivity index (χ2n) is 3.47. The zero-order chi connectivity index (χ0) is 10.7. The number of nitrogens with zero attached hydrogens (tertiary/aromatic N) is 1. The van der Waals surface area contributed by atoms with Gasteiger partial charge in [0.25, 0.3) is 0 Å². The van der Waals surface area contributed by atoms with E-state index in [1.54, 1.807) is 6.07 Å². The minimum absolute atomic E-state index is 0.486. The minimum Gasteiger partial charge on any atom is -0.250 e. The van der Waals surface area contributed by atoms with Crippen molar-refractivity contribution in [2.45, 2.75) is 13.6 Å². The number of hydrogen-bond acceptors (Lipinski definition) is 1. The van der Waals surface area contributed by atoms with Crippen LogP contribution < -0.4 is 0 Å². The summed E-state index contributed by atoms with van der Waals surface area (Å²) < 4.78 is 12.5. The number of pyridine rings is 1. The Labute approximate surface area is 88.6 Å². The van der Waals surface area contributed by atoms with Crippen molar-refractivity contribution in [2.75, 3.05) is 0 Å². The van der Waals surface area contributed by atoms with Gasteiger partial charge in [0, 0.05) is 5.56 Å². The van der Waals surface area contributed by atoms with Crippen molar-refractivity contribution < 1.29 is 4.39 Å². The molecule has 0 radical (unpaired) electrons. The third kappa shape index (κ3) is 2.04. The van der Waals surface area contributed by atoms with Gasteiger partial charge in [-0.1, -0.05) is 36.4 Å². The summed E-state index contributed by atoms with van der Waals surface area (Å²) in [5.74, 6) is 0. The van der Waals surface area contributed by atoms with Crippen LogP contribution in [0.4, 0.5) is 4.39 Å². The molecule has 1 aromatic heterocycles. The van der Waals surface area contributed by atoms with Crippen molar-refractivity contribution in [2.24, 2.45) is 0 Å². The Bertz CT molecular complexity index is 451. The molecule has 15 heavy (non-hydrogen) atoms. The average Bonchev–Trinajstić information content (AvgIpc) is 2.31. The summed E-state index contributed by atoms with van der Waals surface area (Å²) in [6, 6.07) is 13.5. The predicted molar refractivity (Wildman–Crippen MR) is 59.2 cm³/mol. The summed E-state index contributed by atoms with van der Waals surface area (Å²) in [6.07, 6.45) is 0. The van der Waals surface area contributed by atoms with E-state index in [0.29, 0.717) is 5.69 Å². The van der Waals surface area contributed by atoms with Gasteiger partial charge >= 0.3 is 0 Å². The molecule has 1 heterocycles. The Morgan fingerprint density at radius 1 is 1.07 bits per heavy atom. The van der Waals surface area contributed by atoms with E-state index >= 15 is 0 Å². The molecule has 0 spiro atoms. The third-order valence-corrected chi connectivity index (χ3v) is 2.34. The summed E-state index contributed by atoms with van der Waals surface area (Å²) in [4.78, 5) is 4.29. The van der Waals surface area contributed by atoms with Crippen molar-refractivity contribution in [3.63, 3.8) is 0 Å². The highest BCUT2D eigenvalue weighted by Crippen LogP contribution is 2.21. The maximum Gasteiger partial charge on any atom is 0.131 e. The fourth-order valence-corrected chi connectivity index (χ4v) is 1.53. The Morgan fingerprint density at radius 2 is 1.80 bits per heavy atom. The van der Waals surface area contributed by atoms with E-state index in [-0.39, 0.29) is 0 Å². The molecule has 0 N–H and O–H groups in total. The number of aryl methyl sites for hydroxylation is 1. The van der Waals surface area contributed by atoms with Gasteiger partial charge in [0.2, 0.25) is 0 Å². The van der Waals surface area contributed by atoms with Crippen LogP contribution in [0, 0.1) is 6.92 Å². The van der Waals surface area contributed by atoms with Gasteiger partial charge in [0.05, 0.1) is 11.4 Å². The first-order chi connectivity index (χ1) is 7.31. The lowest BCUT2D eigenvalue weighted by atomic mass is 10.1. The Morgan fingerprint density at radius 3 is 2.47 bits per heavy atom. The fourth-order valence-electron chi connectivity index (χ4n) is 1.53. The quantitative estimate of drug-likeness (QED) is 0.724. The van der Waals surface area contributed by atoms with Crippen molar-refractivity contribution in [1.29, 1.82) is 0 Å². The highest BCUT2D eigenvalue weighted by Gasteiger charge is 2.04. The van der Waals surface area contributed by atoms with E-state index in [1.165, 1.54) is 0 Å². The summed E-state index contributed by atoms with van der Waals surface area (Å²) in [7, 11) is 0. The van der Waals surface area contributed by atoms with Gasteiger partial charge in [-0.3, -0.25) is 0 Å². The first-order valence-corrected chi connectivity index (χ1v) is 4.89. The van der Waals surface area contributed by atoms with Gasteiger partial charge in [0.1, 0.15) is 6.67 Å². The monoisotopic (exact) mass is 201 g/mol. The molecule has 0 aliphatic rings. The van der Waals surface area contributed by atoms with E-state index < -0.39 is 6.67 Å². The van der Waals surface area contributed by atoms with Gasteiger partial charge in [-0.25, -0.2) is 9.37 Å². The van der Waals surface area contributed by atoms with Crippen LogP contribution >= 0.6 is 0 Å². The summed E-state index contributed by atoms with van der Waals surface area (Å²) in [5.41, 5.74) is 3.45. The first-order valence-electron chi connectivity index (χ1n) is 4.89. The highest BCUT2D eigenvalue weighted by atomic mass is 19.1. The van der Waals surface area contributed by atoms with Crippen LogP contribution in [0.3, 0.4) is 0 Å². The molecule has 0 aliphatic carbocycles. The number of aromatic nitrogens is 1. The second kappa shape index (κ2) is 4.22. The highest BCUT2D eigenvalue weighted by molar-refractivity contribution is 5.62. The van der Waals surface area contributed by atoms with Crippen LogP contribution in [0.15, 0.2) is 42.5 Å². The van der Waals surface area contributed by atoms with E-state index in [2.05, 4.69) is 4.98 Å². The molecule has 76 valence electrons. The molecule has 2 heteroatoms. The molecule has 2 rings (SSSR count). The van der Waals surface area contributed by atoms with E-state index in [4.69, 9.17) is 0 Å². The van der Waals surface area contributed by atoms with Crippen molar-refractivity contribution in [3.8, 4) is 11.3 Å². The van der Waals surface area contributed by atoms with Gasteiger partial charge in [-0.15, -0.1) is 0 Å². The molecule has 0 aliphatic heterocycles. The van der Waals surface area contributed by atoms with Crippen molar-refractivity contribution >= 4 is 0 Å². The number of benzene rings is 1. The van der Waals surface area contributed by atoms with Gasteiger partial charge < -0.3 is 0 Å².